The summed E-state index contributed by atoms with van der Waals surface area (Å²) in [6.45, 7) is -0.548. The number of esters is 1. The van der Waals surface area contributed by atoms with Gasteiger partial charge in [-0.05, 0) is 48.5 Å². The van der Waals surface area contributed by atoms with E-state index in [1.165, 1.54) is 30.3 Å². The van der Waals surface area contributed by atoms with Crippen molar-refractivity contribution < 1.29 is 24.2 Å². The molecule has 0 fully saturated rings. The number of aromatic carboxylic acids is 1. The Labute approximate surface area is 175 Å². The van der Waals surface area contributed by atoms with Gasteiger partial charge in [0.2, 0.25) is 0 Å². The highest BCUT2D eigenvalue weighted by molar-refractivity contribution is 6.06. The van der Waals surface area contributed by atoms with Gasteiger partial charge in [0, 0.05) is 22.0 Å². The van der Waals surface area contributed by atoms with Crippen molar-refractivity contribution in [2.75, 3.05) is 11.9 Å². The van der Waals surface area contributed by atoms with Crippen molar-refractivity contribution in [2.24, 2.45) is 0 Å². The maximum Gasteiger partial charge on any atom is 0.340 e. The number of hydrogen-bond acceptors (Lipinski definition) is 5. The fourth-order valence-electron chi connectivity index (χ4n) is 3.22. The minimum Gasteiger partial charge on any atom is -0.478 e. The van der Waals surface area contributed by atoms with Gasteiger partial charge in [0.1, 0.15) is 0 Å². The predicted octanol–water partition coefficient (Wildman–Crippen LogP) is 3.18. The van der Waals surface area contributed by atoms with Crippen molar-refractivity contribution in [1.29, 1.82) is 0 Å². The van der Waals surface area contributed by atoms with Gasteiger partial charge in [-0.15, -0.1) is 0 Å². The van der Waals surface area contributed by atoms with Gasteiger partial charge in [-0.1, -0.05) is 18.2 Å². The molecule has 154 valence electrons. The van der Waals surface area contributed by atoms with Gasteiger partial charge in [-0.3, -0.25) is 9.59 Å². The predicted molar refractivity (Wildman–Crippen MR) is 114 cm³/mol. The van der Waals surface area contributed by atoms with E-state index in [1.54, 1.807) is 36.4 Å². The maximum atomic E-state index is 12.7. The van der Waals surface area contributed by atoms with Crippen LogP contribution in [0.25, 0.3) is 21.8 Å². The Morgan fingerprint density at radius 2 is 1.61 bits per heavy atom. The molecular weight excluding hydrogens is 400 g/mol. The Kier molecular flexibility index (Phi) is 5.19. The maximum absolute atomic E-state index is 12.7. The molecule has 3 aromatic carbocycles. The van der Waals surface area contributed by atoms with Gasteiger partial charge in [0.25, 0.3) is 5.91 Å². The molecule has 0 aliphatic rings. The van der Waals surface area contributed by atoms with Crippen LogP contribution < -0.4 is 10.7 Å². The van der Waals surface area contributed by atoms with Gasteiger partial charge in [-0.25, -0.2) is 9.59 Å². The summed E-state index contributed by atoms with van der Waals surface area (Å²) in [5, 5.41) is 12.3. The van der Waals surface area contributed by atoms with Crippen molar-refractivity contribution in [3.05, 3.63) is 88.1 Å². The number of aromatic amines is 1. The molecular formula is C23H16N2O6. The fourth-order valence-corrected chi connectivity index (χ4v) is 3.22. The number of anilines is 1. The Bertz CT molecular complexity index is 1390. The van der Waals surface area contributed by atoms with Crippen LogP contribution in [-0.4, -0.2) is 34.5 Å². The molecule has 0 aliphatic carbocycles. The van der Waals surface area contributed by atoms with E-state index >= 15 is 0 Å². The number of fused-ring (bicyclic) bond motifs is 2. The number of benzene rings is 3. The zero-order valence-corrected chi connectivity index (χ0v) is 16.0. The third-order valence-electron chi connectivity index (χ3n) is 4.71. The average molecular weight is 416 g/mol. The van der Waals surface area contributed by atoms with Crippen LogP contribution in [0.3, 0.4) is 0 Å². The number of rotatable bonds is 5. The standard InChI is InChI=1S/C23H16N2O6/c26-19(24-14-10-8-13(9-11-14)22(28)29)12-31-23(30)17-6-3-5-16-20(17)25-18-7-2-1-4-15(18)21(16)27/h1-11H,12H2,(H,24,26)(H,25,27)(H,28,29). The van der Waals surface area contributed by atoms with Gasteiger partial charge in [0.15, 0.2) is 12.0 Å². The monoisotopic (exact) mass is 416 g/mol. The van der Waals surface area contributed by atoms with Gasteiger partial charge in [-0.2, -0.15) is 0 Å². The molecule has 0 spiro atoms. The SMILES string of the molecule is O=C(COC(=O)c1cccc2c(=O)c3ccccc3[nH]c12)Nc1ccc(C(=O)O)cc1. The average Bonchev–Trinajstić information content (AvgIpc) is 2.78. The number of H-pyrrole nitrogens is 1. The van der Waals surface area contributed by atoms with E-state index in [-0.39, 0.29) is 16.6 Å². The third kappa shape index (κ3) is 3.99. The second-order valence-electron chi connectivity index (χ2n) is 6.73. The first kappa shape index (κ1) is 19.8. The first-order valence-electron chi connectivity index (χ1n) is 9.28. The van der Waals surface area contributed by atoms with E-state index in [9.17, 15) is 19.2 Å². The molecule has 0 radical (unpaired) electrons. The third-order valence-corrected chi connectivity index (χ3v) is 4.71. The summed E-state index contributed by atoms with van der Waals surface area (Å²) < 4.78 is 5.12. The van der Waals surface area contributed by atoms with Gasteiger partial charge in [0.05, 0.1) is 16.6 Å². The molecule has 3 N–H and O–H groups in total. The minimum absolute atomic E-state index is 0.0851. The number of hydrogen-bond donors (Lipinski definition) is 3. The lowest BCUT2D eigenvalue weighted by atomic mass is 10.1. The molecule has 1 aromatic heterocycles. The number of para-hydroxylation sites is 2. The number of carbonyl (C=O) groups excluding carboxylic acids is 2. The van der Waals surface area contributed by atoms with Crippen LogP contribution in [0.2, 0.25) is 0 Å². The highest BCUT2D eigenvalue weighted by Gasteiger charge is 2.16. The number of carboxylic acids is 1. The number of amides is 1. The van der Waals surface area contributed by atoms with Gasteiger partial charge < -0.3 is 20.1 Å². The Morgan fingerprint density at radius 1 is 0.903 bits per heavy atom. The second kappa shape index (κ2) is 8.11. The van der Waals surface area contributed by atoms with Crippen molar-refractivity contribution in [3.8, 4) is 0 Å². The smallest absolute Gasteiger partial charge is 0.340 e. The fraction of sp³-hybridized carbons (Fsp3) is 0.0435. The van der Waals surface area contributed by atoms with E-state index < -0.39 is 24.5 Å². The van der Waals surface area contributed by atoms with E-state index in [1.807, 2.05) is 0 Å². The topological polar surface area (TPSA) is 126 Å². The van der Waals surface area contributed by atoms with Crippen molar-refractivity contribution in [1.82, 2.24) is 4.98 Å². The van der Waals surface area contributed by atoms with Crippen LogP contribution in [-0.2, 0) is 9.53 Å². The van der Waals surface area contributed by atoms with E-state index in [2.05, 4.69) is 10.3 Å². The lowest BCUT2D eigenvalue weighted by Crippen LogP contribution is -2.21. The zero-order valence-electron chi connectivity index (χ0n) is 16.0. The highest BCUT2D eigenvalue weighted by atomic mass is 16.5. The first-order chi connectivity index (χ1) is 14.9. The highest BCUT2D eigenvalue weighted by Crippen LogP contribution is 2.19. The number of ether oxygens (including phenoxy) is 1. The number of carbonyl (C=O) groups is 3. The van der Waals surface area contributed by atoms with Crippen LogP contribution in [0.1, 0.15) is 20.7 Å². The molecule has 31 heavy (non-hydrogen) atoms. The van der Waals surface area contributed by atoms with E-state index in [0.717, 1.165) is 0 Å². The Morgan fingerprint density at radius 3 is 2.35 bits per heavy atom. The Balaban J connectivity index is 1.51. The molecule has 0 bridgehead atoms. The molecule has 0 unspecified atom stereocenters. The number of carboxylic acid groups (broad SMARTS) is 1. The van der Waals surface area contributed by atoms with Crippen molar-refractivity contribution >= 4 is 45.3 Å². The summed E-state index contributed by atoms with van der Waals surface area (Å²) in [7, 11) is 0. The molecule has 1 amide bonds. The van der Waals surface area contributed by atoms with Crippen molar-refractivity contribution in [3.63, 3.8) is 0 Å². The van der Waals surface area contributed by atoms with E-state index in [4.69, 9.17) is 9.84 Å². The molecule has 0 aliphatic heterocycles. The van der Waals surface area contributed by atoms with Crippen LogP contribution in [0, 0.1) is 0 Å². The number of nitrogens with one attached hydrogen (secondary N) is 2. The van der Waals surface area contributed by atoms with Gasteiger partial charge >= 0.3 is 11.9 Å². The first-order valence-corrected chi connectivity index (χ1v) is 9.28. The lowest BCUT2D eigenvalue weighted by Gasteiger charge is -2.09. The second-order valence-corrected chi connectivity index (χ2v) is 6.73. The molecule has 0 saturated carbocycles. The van der Waals surface area contributed by atoms with Crippen LogP contribution in [0.4, 0.5) is 5.69 Å². The summed E-state index contributed by atoms with van der Waals surface area (Å²) in [5.41, 5.74) is 1.30. The van der Waals surface area contributed by atoms with Crippen LogP contribution in [0.15, 0.2) is 71.5 Å². The van der Waals surface area contributed by atoms with Crippen molar-refractivity contribution in [2.45, 2.75) is 0 Å². The minimum atomic E-state index is -1.08. The summed E-state index contributed by atoms with van der Waals surface area (Å²) in [6, 6.07) is 17.2. The molecule has 0 atom stereocenters. The molecule has 8 heteroatoms. The van der Waals surface area contributed by atoms with Crippen LogP contribution in [0.5, 0.6) is 0 Å². The number of aromatic nitrogens is 1. The van der Waals surface area contributed by atoms with Crippen LogP contribution >= 0.6 is 0 Å². The summed E-state index contributed by atoms with van der Waals surface area (Å²) in [6.07, 6.45) is 0. The molecule has 4 aromatic rings. The Hall–Kier alpha value is -4.46. The number of pyridine rings is 1. The lowest BCUT2D eigenvalue weighted by molar-refractivity contribution is -0.119. The quantitative estimate of drug-likeness (QED) is 0.339. The molecule has 8 nitrogen and oxygen atoms in total. The summed E-state index contributed by atoms with van der Waals surface area (Å²) in [5.74, 6) is -2.42. The molecule has 0 saturated heterocycles. The normalized spacial score (nSPS) is 10.7. The molecule has 4 rings (SSSR count). The largest absolute Gasteiger partial charge is 0.478 e. The van der Waals surface area contributed by atoms with E-state index in [0.29, 0.717) is 27.5 Å². The molecule has 1 heterocycles. The summed E-state index contributed by atoms with van der Waals surface area (Å²) in [4.78, 5) is 51.4. The summed E-state index contributed by atoms with van der Waals surface area (Å²) >= 11 is 0. The zero-order chi connectivity index (χ0) is 22.0.